The quantitative estimate of drug-likeness (QED) is 0.838. The van der Waals surface area contributed by atoms with Gasteiger partial charge in [0, 0.05) is 12.1 Å². The van der Waals surface area contributed by atoms with E-state index in [1.807, 2.05) is 12.1 Å². The number of nitrogens with one attached hydrogen (secondary N) is 2. The van der Waals surface area contributed by atoms with E-state index in [-0.39, 0.29) is 6.04 Å². The molecule has 2 aliphatic carbocycles. The highest BCUT2D eigenvalue weighted by molar-refractivity contribution is 7.89. The van der Waals surface area contributed by atoms with Crippen LogP contribution in [0.3, 0.4) is 0 Å². The maximum atomic E-state index is 12.2. The highest BCUT2D eigenvalue weighted by Crippen LogP contribution is 2.30. The monoisotopic (exact) mass is 252 g/mol. The minimum Gasteiger partial charge on any atom is -0.381 e. The number of anilines is 1. The predicted octanol–water partition coefficient (Wildman–Crippen LogP) is 1.70. The molecule has 0 heterocycles. The summed E-state index contributed by atoms with van der Waals surface area (Å²) >= 11 is 0. The van der Waals surface area contributed by atoms with Crippen LogP contribution in [0.15, 0.2) is 29.2 Å². The molecule has 4 nitrogen and oxygen atoms in total. The SMILES string of the molecule is O=S(=O)(NC1CC1)c1ccccc1NC1CC1. The number of sulfonamides is 1. The molecule has 2 aliphatic rings. The van der Waals surface area contributed by atoms with Crippen molar-refractivity contribution in [1.29, 1.82) is 0 Å². The molecular formula is C12H16N2O2S. The van der Waals surface area contributed by atoms with Gasteiger partial charge in [0.25, 0.3) is 0 Å². The summed E-state index contributed by atoms with van der Waals surface area (Å²) in [7, 11) is -3.36. The molecule has 0 unspecified atom stereocenters. The van der Waals surface area contributed by atoms with Crippen molar-refractivity contribution in [2.75, 3.05) is 5.32 Å². The van der Waals surface area contributed by atoms with E-state index >= 15 is 0 Å². The van der Waals surface area contributed by atoms with E-state index in [1.54, 1.807) is 12.1 Å². The maximum Gasteiger partial charge on any atom is 0.242 e. The third-order valence-corrected chi connectivity index (χ3v) is 4.59. The van der Waals surface area contributed by atoms with Crippen molar-refractivity contribution in [2.24, 2.45) is 0 Å². The lowest BCUT2D eigenvalue weighted by molar-refractivity contribution is 0.581. The third-order valence-electron chi connectivity index (χ3n) is 3.01. The molecule has 0 spiro atoms. The molecule has 0 aliphatic heterocycles. The Labute approximate surface area is 101 Å². The Bertz CT molecular complexity index is 519. The Balaban J connectivity index is 1.88. The van der Waals surface area contributed by atoms with Gasteiger partial charge in [-0.2, -0.15) is 0 Å². The summed E-state index contributed by atoms with van der Waals surface area (Å²) in [6.45, 7) is 0. The highest BCUT2D eigenvalue weighted by atomic mass is 32.2. The van der Waals surface area contributed by atoms with Gasteiger partial charge < -0.3 is 5.32 Å². The summed E-state index contributed by atoms with van der Waals surface area (Å²) in [5.74, 6) is 0. The summed E-state index contributed by atoms with van der Waals surface area (Å²) in [6.07, 6.45) is 4.17. The van der Waals surface area contributed by atoms with Crippen LogP contribution < -0.4 is 10.0 Å². The second kappa shape index (κ2) is 3.99. The van der Waals surface area contributed by atoms with Gasteiger partial charge in [-0.1, -0.05) is 12.1 Å². The zero-order valence-electron chi connectivity index (χ0n) is 9.52. The average Bonchev–Trinajstić information content (AvgIpc) is 3.15. The predicted molar refractivity (Wildman–Crippen MR) is 66.4 cm³/mol. The lowest BCUT2D eigenvalue weighted by atomic mass is 10.3. The molecule has 3 rings (SSSR count). The topological polar surface area (TPSA) is 58.2 Å². The number of hydrogen-bond acceptors (Lipinski definition) is 3. The summed E-state index contributed by atoms with van der Waals surface area (Å²) in [5.41, 5.74) is 0.725. The van der Waals surface area contributed by atoms with Crippen molar-refractivity contribution >= 4 is 15.7 Å². The minimum atomic E-state index is -3.36. The summed E-state index contributed by atoms with van der Waals surface area (Å²) < 4.78 is 27.0. The lowest BCUT2D eigenvalue weighted by Gasteiger charge is -2.12. The Morgan fingerprint density at radius 3 is 2.29 bits per heavy atom. The van der Waals surface area contributed by atoms with Crippen LogP contribution in [0.5, 0.6) is 0 Å². The van der Waals surface area contributed by atoms with Crippen molar-refractivity contribution in [3.05, 3.63) is 24.3 Å². The van der Waals surface area contributed by atoms with Crippen LogP contribution in [0.4, 0.5) is 5.69 Å². The zero-order valence-corrected chi connectivity index (χ0v) is 10.3. The summed E-state index contributed by atoms with van der Waals surface area (Å²) in [5, 5.41) is 3.27. The van der Waals surface area contributed by atoms with Crippen LogP contribution in [0.25, 0.3) is 0 Å². The van der Waals surface area contributed by atoms with Crippen LogP contribution in [-0.4, -0.2) is 20.5 Å². The fourth-order valence-electron chi connectivity index (χ4n) is 1.75. The van der Waals surface area contributed by atoms with Gasteiger partial charge in [0.15, 0.2) is 0 Å². The smallest absolute Gasteiger partial charge is 0.242 e. The molecule has 1 aromatic carbocycles. The number of hydrogen-bond donors (Lipinski definition) is 2. The zero-order chi connectivity index (χ0) is 11.9. The molecule has 2 N–H and O–H groups in total. The normalized spacial score (nSPS) is 20.2. The molecule has 0 amide bonds. The highest BCUT2D eigenvalue weighted by Gasteiger charge is 2.30. The molecule has 92 valence electrons. The Morgan fingerprint density at radius 2 is 1.65 bits per heavy atom. The molecule has 0 atom stereocenters. The van der Waals surface area contributed by atoms with Crippen molar-refractivity contribution < 1.29 is 8.42 Å². The van der Waals surface area contributed by atoms with Crippen LogP contribution in [-0.2, 0) is 10.0 Å². The van der Waals surface area contributed by atoms with E-state index < -0.39 is 10.0 Å². The summed E-state index contributed by atoms with van der Waals surface area (Å²) in [4.78, 5) is 0.374. The lowest BCUT2D eigenvalue weighted by Crippen LogP contribution is -2.26. The third kappa shape index (κ3) is 2.61. The van der Waals surface area contributed by atoms with Crippen molar-refractivity contribution in [3.63, 3.8) is 0 Å². The van der Waals surface area contributed by atoms with Gasteiger partial charge in [0.05, 0.1) is 5.69 Å². The largest absolute Gasteiger partial charge is 0.381 e. The van der Waals surface area contributed by atoms with Crippen LogP contribution in [0.2, 0.25) is 0 Å². The van der Waals surface area contributed by atoms with Gasteiger partial charge in [0.1, 0.15) is 4.90 Å². The van der Waals surface area contributed by atoms with E-state index in [9.17, 15) is 8.42 Å². The molecule has 0 saturated heterocycles. The molecule has 0 bridgehead atoms. The first kappa shape index (κ1) is 11.0. The van der Waals surface area contributed by atoms with Crippen LogP contribution in [0.1, 0.15) is 25.7 Å². The fraction of sp³-hybridized carbons (Fsp3) is 0.500. The molecule has 0 aromatic heterocycles. The molecule has 0 radical (unpaired) electrons. The van der Waals surface area contributed by atoms with Gasteiger partial charge in [-0.05, 0) is 37.8 Å². The maximum absolute atomic E-state index is 12.2. The number of benzene rings is 1. The minimum absolute atomic E-state index is 0.147. The van der Waals surface area contributed by atoms with Crippen LogP contribution >= 0.6 is 0 Å². The van der Waals surface area contributed by atoms with Crippen molar-refractivity contribution in [1.82, 2.24) is 4.72 Å². The first-order chi connectivity index (χ1) is 8.15. The summed E-state index contributed by atoms with van der Waals surface area (Å²) in [6, 6.07) is 7.72. The number of rotatable bonds is 5. The number of para-hydroxylation sites is 1. The van der Waals surface area contributed by atoms with Crippen molar-refractivity contribution in [2.45, 2.75) is 42.7 Å². The van der Waals surface area contributed by atoms with E-state index in [1.165, 1.54) is 0 Å². The molecule has 17 heavy (non-hydrogen) atoms. The van der Waals surface area contributed by atoms with E-state index in [0.29, 0.717) is 10.9 Å². The van der Waals surface area contributed by atoms with Gasteiger partial charge in [-0.3, -0.25) is 0 Å². The fourth-order valence-corrected chi connectivity index (χ4v) is 3.23. The van der Waals surface area contributed by atoms with Gasteiger partial charge in [-0.15, -0.1) is 0 Å². The standard InChI is InChI=1S/C12H16N2O2S/c15-17(16,14-10-7-8-10)12-4-2-1-3-11(12)13-9-5-6-9/h1-4,9-10,13-14H,5-8H2. The van der Waals surface area contributed by atoms with E-state index in [4.69, 9.17) is 0 Å². The van der Waals surface area contributed by atoms with Gasteiger partial charge in [0.2, 0.25) is 10.0 Å². The second-order valence-corrected chi connectivity index (χ2v) is 6.49. The van der Waals surface area contributed by atoms with Crippen molar-refractivity contribution in [3.8, 4) is 0 Å². The second-order valence-electron chi connectivity index (χ2n) is 4.81. The molecule has 5 heteroatoms. The first-order valence-electron chi connectivity index (χ1n) is 6.03. The first-order valence-corrected chi connectivity index (χ1v) is 7.51. The Hall–Kier alpha value is -1.07. The molecule has 2 fully saturated rings. The van der Waals surface area contributed by atoms with Gasteiger partial charge >= 0.3 is 0 Å². The van der Waals surface area contributed by atoms with E-state index in [2.05, 4.69) is 10.0 Å². The van der Waals surface area contributed by atoms with Gasteiger partial charge in [-0.25, -0.2) is 13.1 Å². The molecule has 2 saturated carbocycles. The molecule has 1 aromatic rings. The Kier molecular flexibility index (Phi) is 2.60. The molecular weight excluding hydrogens is 236 g/mol. The average molecular weight is 252 g/mol. The Morgan fingerprint density at radius 1 is 1.00 bits per heavy atom. The van der Waals surface area contributed by atoms with Crippen LogP contribution in [0, 0.1) is 0 Å². The van der Waals surface area contributed by atoms with E-state index in [0.717, 1.165) is 31.4 Å².